The van der Waals surface area contributed by atoms with Crippen molar-refractivity contribution in [1.82, 2.24) is 25.3 Å². The van der Waals surface area contributed by atoms with E-state index in [1.165, 1.54) is 11.1 Å². The summed E-state index contributed by atoms with van der Waals surface area (Å²) in [6.07, 6.45) is 1.59. The Morgan fingerprint density at radius 3 is 3.00 bits per heavy atom. The van der Waals surface area contributed by atoms with E-state index in [0.29, 0.717) is 6.54 Å². The molecule has 0 spiro atoms. The Morgan fingerprint density at radius 1 is 1.48 bits per heavy atom. The highest BCUT2D eigenvalue weighted by Crippen LogP contribution is 2.06. The molecular formula is C14H20N6O. The van der Waals surface area contributed by atoms with E-state index in [-0.39, 0.29) is 5.69 Å². The molecule has 1 amide bonds. The first-order valence-electron chi connectivity index (χ1n) is 6.73. The van der Waals surface area contributed by atoms with Gasteiger partial charge in [0.25, 0.3) is 5.91 Å². The first-order chi connectivity index (χ1) is 10.1. The van der Waals surface area contributed by atoms with Gasteiger partial charge in [-0.15, -0.1) is 5.10 Å². The normalized spacial score (nSPS) is 10.9. The van der Waals surface area contributed by atoms with E-state index >= 15 is 0 Å². The second-order valence-electron chi connectivity index (χ2n) is 5.07. The number of aryl methyl sites for hydroxylation is 1. The average molecular weight is 288 g/mol. The van der Waals surface area contributed by atoms with Crippen LogP contribution in [0.2, 0.25) is 0 Å². The second-order valence-corrected chi connectivity index (χ2v) is 5.07. The fraction of sp³-hybridized carbons (Fsp3) is 0.357. The number of hydrazine groups is 1. The van der Waals surface area contributed by atoms with Crippen molar-refractivity contribution in [2.45, 2.75) is 20.0 Å². The lowest BCUT2D eigenvalue weighted by Crippen LogP contribution is -2.30. The summed E-state index contributed by atoms with van der Waals surface area (Å²) in [6, 6.07) is 8.44. The molecule has 112 valence electrons. The average Bonchev–Trinajstić information content (AvgIpc) is 2.93. The molecule has 1 heterocycles. The number of nitrogens with two attached hydrogens (primary N) is 1. The zero-order valence-electron chi connectivity index (χ0n) is 12.3. The lowest BCUT2D eigenvalue weighted by molar-refractivity contribution is 0.0948. The number of carbonyl (C=O) groups excluding carboxylic acids is 1. The summed E-state index contributed by atoms with van der Waals surface area (Å²) in [6.45, 7) is 4.42. The van der Waals surface area contributed by atoms with Crippen molar-refractivity contribution in [3.8, 4) is 0 Å². The van der Waals surface area contributed by atoms with Gasteiger partial charge in [-0.3, -0.25) is 14.9 Å². The van der Waals surface area contributed by atoms with Crippen LogP contribution in [0.15, 0.2) is 30.5 Å². The molecule has 0 aliphatic heterocycles. The minimum Gasteiger partial charge on any atom is -0.300 e. The van der Waals surface area contributed by atoms with Crippen LogP contribution in [0.1, 0.15) is 21.6 Å². The van der Waals surface area contributed by atoms with Crippen molar-refractivity contribution < 1.29 is 4.79 Å². The van der Waals surface area contributed by atoms with E-state index in [2.05, 4.69) is 46.4 Å². The van der Waals surface area contributed by atoms with Gasteiger partial charge in [-0.2, -0.15) is 0 Å². The fourth-order valence-electron chi connectivity index (χ4n) is 2.06. The number of nitrogens with zero attached hydrogens (tertiary/aromatic N) is 4. The van der Waals surface area contributed by atoms with E-state index in [4.69, 9.17) is 5.84 Å². The van der Waals surface area contributed by atoms with Crippen LogP contribution in [0.3, 0.4) is 0 Å². The van der Waals surface area contributed by atoms with E-state index in [1.807, 2.05) is 12.5 Å². The van der Waals surface area contributed by atoms with Crippen molar-refractivity contribution >= 4 is 5.91 Å². The van der Waals surface area contributed by atoms with E-state index in [9.17, 15) is 4.79 Å². The predicted molar refractivity (Wildman–Crippen MR) is 79.2 cm³/mol. The van der Waals surface area contributed by atoms with Crippen molar-refractivity contribution in [2.24, 2.45) is 5.84 Å². The molecule has 1 aromatic heterocycles. The van der Waals surface area contributed by atoms with Crippen LogP contribution < -0.4 is 11.3 Å². The fourth-order valence-corrected chi connectivity index (χ4v) is 2.06. The van der Waals surface area contributed by atoms with Gasteiger partial charge in [0, 0.05) is 13.1 Å². The summed E-state index contributed by atoms with van der Waals surface area (Å²) in [4.78, 5) is 13.5. The minimum atomic E-state index is -0.436. The van der Waals surface area contributed by atoms with Crippen molar-refractivity contribution in [3.63, 3.8) is 0 Å². The maximum atomic E-state index is 11.3. The molecule has 7 nitrogen and oxygen atoms in total. The highest BCUT2D eigenvalue weighted by Gasteiger charge is 2.09. The van der Waals surface area contributed by atoms with Crippen LogP contribution in [0.4, 0.5) is 0 Å². The Labute approximate surface area is 123 Å². The Hall–Kier alpha value is -2.25. The first kappa shape index (κ1) is 15.1. The summed E-state index contributed by atoms with van der Waals surface area (Å²) in [5.41, 5.74) is 4.79. The van der Waals surface area contributed by atoms with Gasteiger partial charge in [0.05, 0.1) is 12.7 Å². The minimum absolute atomic E-state index is 0.221. The predicted octanol–water partition coefficient (Wildman–Crippen LogP) is 0.322. The third-order valence-electron chi connectivity index (χ3n) is 3.15. The lowest BCUT2D eigenvalue weighted by atomic mass is 10.1. The van der Waals surface area contributed by atoms with Gasteiger partial charge in [0.15, 0.2) is 5.69 Å². The Bertz CT molecular complexity index is 609. The number of carbonyl (C=O) groups is 1. The number of likely N-dealkylation sites (N-methyl/N-ethyl adjacent to an activating group) is 1. The summed E-state index contributed by atoms with van der Waals surface area (Å²) in [5, 5.41) is 7.66. The van der Waals surface area contributed by atoms with Gasteiger partial charge >= 0.3 is 0 Å². The SMILES string of the molecule is Cc1cccc(CN(C)CCn2cc(C(=O)NN)nn2)c1. The molecular weight excluding hydrogens is 268 g/mol. The molecule has 0 aliphatic carbocycles. The number of amides is 1. The number of aromatic nitrogens is 3. The first-order valence-corrected chi connectivity index (χ1v) is 6.73. The van der Waals surface area contributed by atoms with Gasteiger partial charge in [0.1, 0.15) is 0 Å². The van der Waals surface area contributed by atoms with E-state index in [0.717, 1.165) is 13.1 Å². The van der Waals surface area contributed by atoms with Crippen LogP contribution in [0.5, 0.6) is 0 Å². The van der Waals surface area contributed by atoms with Crippen molar-refractivity contribution in [1.29, 1.82) is 0 Å². The Balaban J connectivity index is 1.85. The molecule has 0 unspecified atom stereocenters. The van der Waals surface area contributed by atoms with Crippen LogP contribution in [-0.4, -0.2) is 39.4 Å². The molecule has 0 saturated heterocycles. The molecule has 0 atom stereocenters. The van der Waals surface area contributed by atoms with Gasteiger partial charge in [-0.05, 0) is 19.5 Å². The van der Waals surface area contributed by atoms with Gasteiger partial charge in [0.2, 0.25) is 0 Å². The van der Waals surface area contributed by atoms with Gasteiger partial charge in [-0.1, -0.05) is 35.0 Å². The number of rotatable bonds is 6. The zero-order chi connectivity index (χ0) is 15.2. The summed E-state index contributed by atoms with van der Waals surface area (Å²) in [7, 11) is 2.05. The zero-order valence-corrected chi connectivity index (χ0v) is 12.3. The van der Waals surface area contributed by atoms with Crippen LogP contribution >= 0.6 is 0 Å². The number of benzene rings is 1. The lowest BCUT2D eigenvalue weighted by Gasteiger charge is -2.16. The van der Waals surface area contributed by atoms with Gasteiger partial charge < -0.3 is 4.90 Å². The van der Waals surface area contributed by atoms with Crippen LogP contribution in [0.25, 0.3) is 0 Å². The topological polar surface area (TPSA) is 89.1 Å². The number of hydrogen-bond acceptors (Lipinski definition) is 5. The molecule has 3 N–H and O–H groups in total. The maximum Gasteiger partial charge on any atom is 0.287 e. The number of nitrogens with one attached hydrogen (secondary N) is 1. The van der Waals surface area contributed by atoms with E-state index in [1.54, 1.807) is 10.9 Å². The summed E-state index contributed by atoms with van der Waals surface area (Å²) in [5.74, 6) is 4.61. The second kappa shape index (κ2) is 6.96. The van der Waals surface area contributed by atoms with E-state index < -0.39 is 5.91 Å². The monoisotopic (exact) mass is 288 g/mol. The molecule has 7 heteroatoms. The summed E-state index contributed by atoms with van der Waals surface area (Å²) >= 11 is 0. The summed E-state index contributed by atoms with van der Waals surface area (Å²) < 4.78 is 1.64. The maximum absolute atomic E-state index is 11.3. The molecule has 0 aliphatic rings. The smallest absolute Gasteiger partial charge is 0.287 e. The quantitative estimate of drug-likeness (QED) is 0.454. The largest absolute Gasteiger partial charge is 0.300 e. The van der Waals surface area contributed by atoms with Crippen molar-refractivity contribution in [3.05, 3.63) is 47.3 Å². The third kappa shape index (κ3) is 4.37. The number of nitrogen functional groups attached to an aromatic ring is 1. The Kier molecular flexibility index (Phi) is 5.02. The van der Waals surface area contributed by atoms with Crippen LogP contribution in [0, 0.1) is 6.92 Å². The molecule has 2 rings (SSSR count). The molecule has 2 aromatic rings. The molecule has 0 bridgehead atoms. The molecule has 0 saturated carbocycles. The molecule has 0 radical (unpaired) electrons. The highest BCUT2D eigenvalue weighted by molar-refractivity contribution is 5.91. The third-order valence-corrected chi connectivity index (χ3v) is 3.15. The number of hydrogen-bond donors (Lipinski definition) is 2. The highest BCUT2D eigenvalue weighted by atomic mass is 16.2. The Morgan fingerprint density at radius 2 is 2.29 bits per heavy atom. The van der Waals surface area contributed by atoms with Gasteiger partial charge in [-0.25, -0.2) is 5.84 Å². The van der Waals surface area contributed by atoms with Crippen molar-refractivity contribution in [2.75, 3.05) is 13.6 Å². The molecule has 1 aromatic carbocycles. The molecule has 21 heavy (non-hydrogen) atoms. The standard InChI is InChI=1S/C14H20N6O/c1-11-4-3-5-12(8-11)9-19(2)6-7-20-10-13(17-18-20)14(21)16-15/h3-5,8,10H,6-7,9,15H2,1-2H3,(H,16,21). The molecule has 0 fully saturated rings. The van der Waals surface area contributed by atoms with Crippen LogP contribution in [-0.2, 0) is 13.1 Å².